The first kappa shape index (κ1) is 11.5. The molecule has 0 aromatic rings. The lowest BCUT2D eigenvalue weighted by Gasteiger charge is -2.16. The van der Waals surface area contributed by atoms with Gasteiger partial charge in [-0.05, 0) is 12.8 Å². The highest BCUT2D eigenvalue weighted by atomic mass is 15.2. The van der Waals surface area contributed by atoms with Gasteiger partial charge in [-0.3, -0.25) is 4.99 Å². The van der Waals surface area contributed by atoms with Gasteiger partial charge in [0.05, 0.1) is 5.84 Å². The van der Waals surface area contributed by atoms with E-state index < -0.39 is 0 Å². The molecular weight excluding hydrogens is 148 g/mol. The summed E-state index contributed by atoms with van der Waals surface area (Å²) in [6.45, 7) is 5.19. The molecule has 1 saturated heterocycles. The van der Waals surface area contributed by atoms with Crippen LogP contribution in [0.3, 0.4) is 0 Å². The maximum Gasteiger partial charge on any atom is 0.0982 e. The van der Waals surface area contributed by atoms with Crippen LogP contribution < -0.4 is 0 Å². The summed E-state index contributed by atoms with van der Waals surface area (Å²) in [7, 11) is 4.02. The third-order valence-corrected chi connectivity index (χ3v) is 2.09. The van der Waals surface area contributed by atoms with Crippen LogP contribution in [0.25, 0.3) is 0 Å². The SMILES string of the molecule is CC.CN=C1CCCCCN1C. The highest BCUT2D eigenvalue weighted by Gasteiger charge is 2.08. The maximum atomic E-state index is 4.23. The fraction of sp³-hybridized carbons (Fsp3) is 0.900. The van der Waals surface area contributed by atoms with Crippen LogP contribution >= 0.6 is 0 Å². The molecule has 0 saturated carbocycles. The van der Waals surface area contributed by atoms with E-state index in [0.717, 1.165) is 0 Å². The second-order valence-corrected chi connectivity index (χ2v) is 2.87. The molecule has 1 aliphatic heterocycles. The molecule has 12 heavy (non-hydrogen) atoms. The topological polar surface area (TPSA) is 15.6 Å². The Morgan fingerprint density at radius 3 is 2.42 bits per heavy atom. The van der Waals surface area contributed by atoms with Crippen molar-refractivity contribution in [1.29, 1.82) is 0 Å². The van der Waals surface area contributed by atoms with Crippen molar-refractivity contribution < 1.29 is 0 Å². The van der Waals surface area contributed by atoms with Crippen LogP contribution in [0.1, 0.15) is 39.5 Å². The minimum atomic E-state index is 1.17. The first-order valence-electron chi connectivity index (χ1n) is 5.01. The van der Waals surface area contributed by atoms with Crippen LogP contribution in [0, 0.1) is 0 Å². The molecular formula is C10H22N2. The lowest BCUT2D eigenvalue weighted by molar-refractivity contribution is 0.494. The Bertz CT molecular complexity index is 130. The molecule has 1 aliphatic rings. The largest absolute Gasteiger partial charge is 0.363 e. The fourth-order valence-corrected chi connectivity index (χ4v) is 1.41. The standard InChI is InChI=1S/C8H16N2.C2H6/c1-9-8-6-4-3-5-7-10(8)2;1-2/h3-7H2,1-2H3;1-2H3. The van der Waals surface area contributed by atoms with E-state index >= 15 is 0 Å². The number of rotatable bonds is 0. The van der Waals surface area contributed by atoms with Gasteiger partial charge in [-0.15, -0.1) is 0 Å². The molecule has 0 unspecified atom stereocenters. The third-order valence-electron chi connectivity index (χ3n) is 2.09. The molecule has 0 radical (unpaired) electrons. The van der Waals surface area contributed by atoms with E-state index in [1.165, 1.54) is 38.1 Å². The van der Waals surface area contributed by atoms with Crippen molar-refractivity contribution >= 4 is 5.84 Å². The Hall–Kier alpha value is -0.530. The maximum absolute atomic E-state index is 4.23. The van der Waals surface area contributed by atoms with Crippen LogP contribution in [0.15, 0.2) is 4.99 Å². The van der Waals surface area contributed by atoms with Gasteiger partial charge in [0.15, 0.2) is 0 Å². The van der Waals surface area contributed by atoms with Gasteiger partial charge < -0.3 is 4.90 Å². The number of nitrogens with zero attached hydrogens (tertiary/aromatic N) is 2. The van der Waals surface area contributed by atoms with Crippen LogP contribution in [-0.2, 0) is 0 Å². The fourth-order valence-electron chi connectivity index (χ4n) is 1.41. The number of likely N-dealkylation sites (tertiary alicyclic amines) is 1. The Kier molecular flexibility index (Phi) is 6.82. The molecule has 0 spiro atoms. The van der Waals surface area contributed by atoms with Crippen molar-refractivity contribution in [1.82, 2.24) is 4.90 Å². The summed E-state index contributed by atoms with van der Waals surface area (Å²) in [5.74, 6) is 1.28. The lowest BCUT2D eigenvalue weighted by Crippen LogP contribution is -2.25. The monoisotopic (exact) mass is 170 g/mol. The average molecular weight is 170 g/mol. The molecule has 1 rings (SSSR count). The van der Waals surface area contributed by atoms with E-state index in [1.54, 1.807) is 0 Å². The molecule has 0 aliphatic carbocycles. The molecule has 2 nitrogen and oxygen atoms in total. The molecule has 0 bridgehead atoms. The zero-order valence-electron chi connectivity index (χ0n) is 8.93. The first-order chi connectivity index (χ1) is 5.84. The number of hydrogen-bond acceptors (Lipinski definition) is 1. The predicted molar refractivity (Wildman–Crippen MR) is 55.8 cm³/mol. The Labute approximate surface area is 76.7 Å². The van der Waals surface area contributed by atoms with Crippen LogP contribution in [0.4, 0.5) is 0 Å². The van der Waals surface area contributed by atoms with E-state index in [2.05, 4.69) is 16.9 Å². The summed E-state index contributed by atoms with van der Waals surface area (Å²) in [6, 6.07) is 0. The van der Waals surface area contributed by atoms with Crippen LogP contribution in [0.5, 0.6) is 0 Å². The second-order valence-electron chi connectivity index (χ2n) is 2.87. The number of amidine groups is 1. The normalized spacial score (nSPS) is 21.3. The summed E-state index contributed by atoms with van der Waals surface area (Å²) in [5.41, 5.74) is 0. The molecule has 1 fully saturated rings. The number of hydrogen-bond donors (Lipinski definition) is 0. The van der Waals surface area contributed by atoms with E-state index in [0.29, 0.717) is 0 Å². The second kappa shape index (κ2) is 7.14. The van der Waals surface area contributed by atoms with Crippen molar-refractivity contribution in [2.75, 3.05) is 20.6 Å². The van der Waals surface area contributed by atoms with E-state index in [4.69, 9.17) is 0 Å². The quantitative estimate of drug-likeness (QED) is 0.545. The zero-order chi connectivity index (χ0) is 9.40. The molecule has 2 heteroatoms. The van der Waals surface area contributed by atoms with Crippen molar-refractivity contribution in [2.24, 2.45) is 4.99 Å². The van der Waals surface area contributed by atoms with Crippen LogP contribution in [-0.4, -0.2) is 31.4 Å². The molecule has 0 atom stereocenters. The zero-order valence-corrected chi connectivity index (χ0v) is 8.93. The minimum Gasteiger partial charge on any atom is -0.363 e. The van der Waals surface area contributed by atoms with Gasteiger partial charge >= 0.3 is 0 Å². The molecule has 0 N–H and O–H groups in total. The van der Waals surface area contributed by atoms with Gasteiger partial charge in [0, 0.05) is 27.1 Å². The summed E-state index contributed by atoms with van der Waals surface area (Å²) in [6.07, 6.45) is 5.18. The molecule has 0 amide bonds. The molecule has 0 aromatic heterocycles. The van der Waals surface area contributed by atoms with Gasteiger partial charge in [-0.2, -0.15) is 0 Å². The Morgan fingerprint density at radius 1 is 1.17 bits per heavy atom. The highest BCUT2D eigenvalue weighted by molar-refractivity contribution is 5.82. The first-order valence-corrected chi connectivity index (χ1v) is 5.01. The average Bonchev–Trinajstić information content (AvgIpc) is 2.33. The summed E-state index contributed by atoms with van der Waals surface area (Å²) >= 11 is 0. The molecule has 1 heterocycles. The van der Waals surface area contributed by atoms with Crippen molar-refractivity contribution in [3.8, 4) is 0 Å². The number of aliphatic imine (C=N–C) groups is 1. The summed E-state index contributed by atoms with van der Waals surface area (Å²) in [5, 5.41) is 0. The summed E-state index contributed by atoms with van der Waals surface area (Å²) < 4.78 is 0. The van der Waals surface area contributed by atoms with Crippen LogP contribution in [0.2, 0.25) is 0 Å². The third kappa shape index (κ3) is 3.74. The molecule has 0 aromatic carbocycles. The lowest BCUT2D eigenvalue weighted by atomic mass is 10.2. The minimum absolute atomic E-state index is 1.17. The Morgan fingerprint density at radius 2 is 1.83 bits per heavy atom. The predicted octanol–water partition coefficient (Wildman–Crippen LogP) is 2.55. The summed E-state index contributed by atoms with van der Waals surface area (Å²) in [4.78, 5) is 6.50. The smallest absolute Gasteiger partial charge is 0.0982 e. The highest BCUT2D eigenvalue weighted by Crippen LogP contribution is 2.09. The van der Waals surface area contributed by atoms with E-state index in [9.17, 15) is 0 Å². The van der Waals surface area contributed by atoms with Crippen molar-refractivity contribution in [3.05, 3.63) is 0 Å². The van der Waals surface area contributed by atoms with Gasteiger partial charge in [0.25, 0.3) is 0 Å². The van der Waals surface area contributed by atoms with Gasteiger partial charge in [0.2, 0.25) is 0 Å². The molecule has 72 valence electrons. The van der Waals surface area contributed by atoms with Gasteiger partial charge in [-0.25, -0.2) is 0 Å². The van der Waals surface area contributed by atoms with Gasteiger partial charge in [-0.1, -0.05) is 20.3 Å². The van der Waals surface area contributed by atoms with Crippen molar-refractivity contribution in [2.45, 2.75) is 39.5 Å². The Balaban J connectivity index is 0.000000561. The van der Waals surface area contributed by atoms with Gasteiger partial charge in [0.1, 0.15) is 0 Å². The van der Waals surface area contributed by atoms with E-state index in [1.807, 2.05) is 20.9 Å². The van der Waals surface area contributed by atoms with Crippen molar-refractivity contribution in [3.63, 3.8) is 0 Å². The van der Waals surface area contributed by atoms with E-state index in [-0.39, 0.29) is 0 Å².